The molecule has 1 saturated carbocycles. The minimum Gasteiger partial charge on any atom is -0.355 e. The van der Waals surface area contributed by atoms with E-state index in [-0.39, 0.29) is 18.3 Å². The molecule has 2 N–H and O–H groups in total. The molecule has 0 aromatic heterocycles. The van der Waals surface area contributed by atoms with E-state index >= 15 is 0 Å². The van der Waals surface area contributed by atoms with Crippen LogP contribution in [0, 0.1) is 11.7 Å². The predicted molar refractivity (Wildman–Crippen MR) is 63.8 cm³/mol. The Morgan fingerprint density at radius 3 is 2.82 bits per heavy atom. The lowest BCUT2D eigenvalue weighted by molar-refractivity contribution is -0.120. The summed E-state index contributed by atoms with van der Waals surface area (Å²) in [6, 6.07) is 6.57. The van der Waals surface area contributed by atoms with E-state index in [1.807, 2.05) is 0 Å². The van der Waals surface area contributed by atoms with E-state index < -0.39 is 0 Å². The molecule has 1 fully saturated rings. The summed E-state index contributed by atoms with van der Waals surface area (Å²) in [5.74, 6) is 0.428. The van der Waals surface area contributed by atoms with Crippen molar-refractivity contribution in [2.24, 2.45) is 5.92 Å². The lowest BCUT2D eigenvalue weighted by atomic mass is 10.2. The Hall–Kier alpha value is -1.42. The van der Waals surface area contributed by atoms with Crippen molar-refractivity contribution in [2.45, 2.75) is 19.4 Å². The van der Waals surface area contributed by atoms with Crippen molar-refractivity contribution in [3.05, 3.63) is 35.6 Å². The van der Waals surface area contributed by atoms with E-state index in [9.17, 15) is 9.18 Å². The molecule has 1 aliphatic carbocycles. The molecule has 17 heavy (non-hydrogen) atoms. The number of hydrogen-bond acceptors (Lipinski definition) is 2. The largest absolute Gasteiger partial charge is 0.355 e. The van der Waals surface area contributed by atoms with Crippen LogP contribution in [0.3, 0.4) is 0 Å². The van der Waals surface area contributed by atoms with E-state index in [4.69, 9.17) is 0 Å². The summed E-state index contributed by atoms with van der Waals surface area (Å²) in [6.07, 6.45) is 2.45. The first-order chi connectivity index (χ1) is 8.25. The van der Waals surface area contributed by atoms with Crippen LogP contribution in [0.15, 0.2) is 24.3 Å². The zero-order chi connectivity index (χ0) is 12.1. The van der Waals surface area contributed by atoms with Gasteiger partial charge in [-0.3, -0.25) is 4.79 Å². The van der Waals surface area contributed by atoms with Crippen molar-refractivity contribution in [1.29, 1.82) is 0 Å². The Labute approximate surface area is 100 Å². The Morgan fingerprint density at radius 2 is 2.12 bits per heavy atom. The molecule has 4 heteroatoms. The molecular formula is C13H17FN2O. The van der Waals surface area contributed by atoms with Gasteiger partial charge in [0.15, 0.2) is 0 Å². The molecule has 1 amide bonds. The maximum Gasteiger partial charge on any atom is 0.233 e. The summed E-state index contributed by atoms with van der Waals surface area (Å²) in [6.45, 7) is 1.39. The standard InChI is InChI=1S/C13H17FN2O/c14-12-4-2-1-3-11(12)8-15-9-13(17)16-7-10-5-6-10/h1-4,10,15H,5-9H2,(H,16,17). The van der Waals surface area contributed by atoms with Crippen LogP contribution in [0.4, 0.5) is 4.39 Å². The Kier molecular flexibility index (Phi) is 4.09. The highest BCUT2D eigenvalue weighted by Gasteiger charge is 2.21. The molecule has 0 spiro atoms. The second kappa shape index (κ2) is 5.77. The average Bonchev–Trinajstić information content (AvgIpc) is 3.13. The van der Waals surface area contributed by atoms with Crippen LogP contribution in [0.25, 0.3) is 0 Å². The van der Waals surface area contributed by atoms with Gasteiger partial charge in [-0.15, -0.1) is 0 Å². The minimum atomic E-state index is -0.238. The highest BCUT2D eigenvalue weighted by atomic mass is 19.1. The van der Waals surface area contributed by atoms with Crippen LogP contribution in [0.2, 0.25) is 0 Å². The molecule has 1 aromatic carbocycles. The fourth-order valence-corrected chi connectivity index (χ4v) is 1.60. The minimum absolute atomic E-state index is 0.0201. The lowest BCUT2D eigenvalue weighted by Gasteiger charge is -2.06. The summed E-state index contributed by atoms with van der Waals surface area (Å²) in [4.78, 5) is 11.4. The molecule has 0 atom stereocenters. The summed E-state index contributed by atoms with van der Waals surface area (Å²) in [5, 5.41) is 5.78. The molecule has 1 aromatic rings. The normalized spacial score (nSPS) is 14.6. The zero-order valence-electron chi connectivity index (χ0n) is 9.71. The zero-order valence-corrected chi connectivity index (χ0v) is 9.71. The maximum atomic E-state index is 13.2. The third-order valence-electron chi connectivity index (χ3n) is 2.84. The molecule has 0 radical (unpaired) electrons. The van der Waals surface area contributed by atoms with Gasteiger partial charge in [0.25, 0.3) is 0 Å². The molecule has 3 nitrogen and oxygen atoms in total. The second-order valence-electron chi connectivity index (χ2n) is 4.44. The van der Waals surface area contributed by atoms with Crippen molar-refractivity contribution in [3.8, 4) is 0 Å². The number of halogens is 1. The summed E-state index contributed by atoms with van der Waals surface area (Å²) < 4.78 is 13.2. The molecule has 0 saturated heterocycles. The van der Waals surface area contributed by atoms with Crippen LogP contribution in [0.1, 0.15) is 18.4 Å². The van der Waals surface area contributed by atoms with Crippen molar-refractivity contribution >= 4 is 5.91 Å². The van der Waals surface area contributed by atoms with Gasteiger partial charge in [-0.25, -0.2) is 4.39 Å². The number of rotatable bonds is 6. The Bertz CT molecular complexity index is 391. The number of hydrogen-bond donors (Lipinski definition) is 2. The molecule has 0 heterocycles. The average molecular weight is 236 g/mol. The number of carbonyl (C=O) groups is 1. The highest BCUT2D eigenvalue weighted by Crippen LogP contribution is 2.27. The monoisotopic (exact) mass is 236 g/mol. The van der Waals surface area contributed by atoms with Crippen LogP contribution in [-0.2, 0) is 11.3 Å². The fourth-order valence-electron chi connectivity index (χ4n) is 1.60. The first-order valence-corrected chi connectivity index (χ1v) is 5.96. The Balaban J connectivity index is 1.64. The van der Waals surface area contributed by atoms with Gasteiger partial charge < -0.3 is 10.6 Å². The van der Waals surface area contributed by atoms with Gasteiger partial charge in [0.1, 0.15) is 5.82 Å². The van der Waals surface area contributed by atoms with Crippen molar-refractivity contribution in [2.75, 3.05) is 13.1 Å². The molecule has 0 aliphatic heterocycles. The number of carbonyl (C=O) groups excluding carboxylic acids is 1. The van der Waals surface area contributed by atoms with Gasteiger partial charge in [-0.1, -0.05) is 18.2 Å². The molecule has 0 bridgehead atoms. The smallest absolute Gasteiger partial charge is 0.233 e. The number of nitrogens with one attached hydrogen (secondary N) is 2. The van der Waals surface area contributed by atoms with Crippen molar-refractivity contribution in [3.63, 3.8) is 0 Å². The van der Waals surface area contributed by atoms with Crippen LogP contribution < -0.4 is 10.6 Å². The fraction of sp³-hybridized carbons (Fsp3) is 0.462. The van der Waals surface area contributed by atoms with Crippen LogP contribution in [-0.4, -0.2) is 19.0 Å². The van der Waals surface area contributed by atoms with Gasteiger partial charge in [0.05, 0.1) is 6.54 Å². The first kappa shape index (κ1) is 12.0. The molecule has 92 valence electrons. The summed E-state index contributed by atoms with van der Waals surface area (Å²) in [7, 11) is 0. The third kappa shape index (κ3) is 4.15. The third-order valence-corrected chi connectivity index (χ3v) is 2.84. The van der Waals surface area contributed by atoms with Crippen LogP contribution in [0.5, 0.6) is 0 Å². The van der Waals surface area contributed by atoms with Gasteiger partial charge in [0, 0.05) is 18.7 Å². The quantitative estimate of drug-likeness (QED) is 0.784. The van der Waals surface area contributed by atoms with E-state index in [0.717, 1.165) is 6.54 Å². The van der Waals surface area contributed by atoms with Gasteiger partial charge in [-0.05, 0) is 24.8 Å². The van der Waals surface area contributed by atoms with E-state index in [1.165, 1.54) is 18.9 Å². The predicted octanol–water partition coefficient (Wildman–Crippen LogP) is 1.44. The molecular weight excluding hydrogens is 219 g/mol. The van der Waals surface area contributed by atoms with E-state index in [2.05, 4.69) is 10.6 Å². The van der Waals surface area contributed by atoms with E-state index in [0.29, 0.717) is 18.0 Å². The van der Waals surface area contributed by atoms with Gasteiger partial charge in [-0.2, -0.15) is 0 Å². The molecule has 1 aliphatic rings. The number of amides is 1. The SMILES string of the molecule is O=C(CNCc1ccccc1F)NCC1CC1. The lowest BCUT2D eigenvalue weighted by Crippen LogP contribution is -2.34. The Morgan fingerprint density at radius 1 is 1.35 bits per heavy atom. The number of benzene rings is 1. The van der Waals surface area contributed by atoms with Gasteiger partial charge >= 0.3 is 0 Å². The van der Waals surface area contributed by atoms with Crippen molar-refractivity contribution < 1.29 is 9.18 Å². The first-order valence-electron chi connectivity index (χ1n) is 5.96. The molecule has 2 rings (SSSR count). The second-order valence-corrected chi connectivity index (χ2v) is 4.44. The van der Waals surface area contributed by atoms with Crippen LogP contribution >= 0.6 is 0 Å². The highest BCUT2D eigenvalue weighted by molar-refractivity contribution is 5.77. The summed E-state index contributed by atoms with van der Waals surface area (Å²) in [5.41, 5.74) is 0.586. The topological polar surface area (TPSA) is 41.1 Å². The van der Waals surface area contributed by atoms with E-state index in [1.54, 1.807) is 18.2 Å². The van der Waals surface area contributed by atoms with Crippen molar-refractivity contribution in [1.82, 2.24) is 10.6 Å². The molecule has 0 unspecified atom stereocenters. The van der Waals surface area contributed by atoms with Gasteiger partial charge in [0.2, 0.25) is 5.91 Å². The maximum absolute atomic E-state index is 13.2. The summed E-state index contributed by atoms with van der Waals surface area (Å²) >= 11 is 0.